The average molecular weight is 286 g/mol. The second-order valence-electron chi connectivity index (χ2n) is 5.53. The number of amides is 2. The Labute approximate surface area is 120 Å². The molecule has 20 heavy (non-hydrogen) atoms. The summed E-state index contributed by atoms with van der Waals surface area (Å²) in [6.07, 6.45) is 2.81. The van der Waals surface area contributed by atoms with Gasteiger partial charge in [-0.3, -0.25) is 4.79 Å². The Kier molecular flexibility index (Phi) is 6.78. The van der Waals surface area contributed by atoms with E-state index in [0.29, 0.717) is 5.92 Å². The van der Waals surface area contributed by atoms with Crippen molar-refractivity contribution in [3.8, 4) is 0 Å². The molecule has 1 saturated heterocycles. The standard InChI is InChI=1S/C14H26N2O4/c1-4-12(11-5-7-20-8-6-11)15-14(19)16(3)9-10(2)13(17)18/h10-12H,4-9H2,1-3H3,(H,15,19)(H,17,18). The van der Waals surface area contributed by atoms with Crippen LogP contribution in [-0.2, 0) is 9.53 Å². The van der Waals surface area contributed by atoms with Crippen molar-refractivity contribution >= 4 is 12.0 Å². The number of urea groups is 1. The lowest BCUT2D eigenvalue weighted by molar-refractivity contribution is -0.141. The van der Waals surface area contributed by atoms with E-state index in [1.54, 1.807) is 14.0 Å². The number of hydrogen-bond acceptors (Lipinski definition) is 3. The molecule has 0 saturated carbocycles. The highest BCUT2D eigenvalue weighted by Crippen LogP contribution is 2.20. The minimum Gasteiger partial charge on any atom is -0.481 e. The predicted octanol–water partition coefficient (Wildman–Crippen LogP) is 1.55. The van der Waals surface area contributed by atoms with Gasteiger partial charge in [0.25, 0.3) is 0 Å². The van der Waals surface area contributed by atoms with Crippen LogP contribution in [0.25, 0.3) is 0 Å². The normalized spacial score (nSPS) is 19.1. The molecule has 1 aliphatic heterocycles. The first-order valence-corrected chi connectivity index (χ1v) is 7.27. The minimum absolute atomic E-state index is 0.133. The van der Waals surface area contributed by atoms with Gasteiger partial charge in [-0.2, -0.15) is 0 Å². The Morgan fingerprint density at radius 2 is 2.00 bits per heavy atom. The van der Waals surface area contributed by atoms with Gasteiger partial charge in [0.15, 0.2) is 0 Å². The molecule has 0 aromatic heterocycles. The van der Waals surface area contributed by atoms with E-state index in [1.165, 1.54) is 4.90 Å². The van der Waals surface area contributed by atoms with E-state index in [0.717, 1.165) is 32.5 Å². The van der Waals surface area contributed by atoms with E-state index >= 15 is 0 Å². The third-order valence-corrected chi connectivity index (χ3v) is 3.90. The van der Waals surface area contributed by atoms with E-state index < -0.39 is 11.9 Å². The van der Waals surface area contributed by atoms with Gasteiger partial charge in [-0.1, -0.05) is 13.8 Å². The van der Waals surface area contributed by atoms with Crippen molar-refractivity contribution in [3.63, 3.8) is 0 Å². The van der Waals surface area contributed by atoms with Crippen molar-refractivity contribution in [2.24, 2.45) is 11.8 Å². The van der Waals surface area contributed by atoms with Gasteiger partial charge < -0.3 is 20.1 Å². The highest BCUT2D eigenvalue weighted by molar-refractivity contribution is 5.76. The fourth-order valence-corrected chi connectivity index (χ4v) is 2.51. The fourth-order valence-electron chi connectivity index (χ4n) is 2.51. The molecule has 1 rings (SSSR count). The van der Waals surface area contributed by atoms with Gasteiger partial charge >= 0.3 is 12.0 Å². The van der Waals surface area contributed by atoms with Gasteiger partial charge in [-0.05, 0) is 25.2 Å². The van der Waals surface area contributed by atoms with Gasteiger partial charge in [0.1, 0.15) is 0 Å². The minimum atomic E-state index is -0.888. The molecule has 0 aromatic rings. The van der Waals surface area contributed by atoms with Crippen LogP contribution in [-0.4, -0.2) is 54.9 Å². The van der Waals surface area contributed by atoms with Crippen LogP contribution >= 0.6 is 0 Å². The molecule has 0 aliphatic carbocycles. The van der Waals surface area contributed by atoms with Crippen LogP contribution in [0, 0.1) is 11.8 Å². The SMILES string of the molecule is CCC(NC(=O)N(C)CC(C)C(=O)O)C1CCOCC1. The molecule has 116 valence electrons. The van der Waals surface area contributed by atoms with E-state index in [4.69, 9.17) is 9.84 Å². The van der Waals surface area contributed by atoms with Crippen molar-refractivity contribution in [2.45, 2.75) is 39.2 Å². The summed E-state index contributed by atoms with van der Waals surface area (Å²) in [5, 5.41) is 11.9. The van der Waals surface area contributed by atoms with Crippen LogP contribution in [0.4, 0.5) is 4.79 Å². The number of aliphatic carboxylic acids is 1. The summed E-state index contributed by atoms with van der Waals surface area (Å²) in [4.78, 5) is 24.4. The van der Waals surface area contributed by atoms with E-state index in [-0.39, 0.29) is 18.6 Å². The molecule has 1 aliphatic rings. The first-order valence-electron chi connectivity index (χ1n) is 7.27. The summed E-state index contributed by atoms with van der Waals surface area (Å²) in [5.41, 5.74) is 0. The third-order valence-electron chi connectivity index (χ3n) is 3.90. The number of carboxylic acids is 1. The largest absolute Gasteiger partial charge is 0.481 e. The molecule has 0 aromatic carbocycles. The quantitative estimate of drug-likeness (QED) is 0.776. The molecule has 2 N–H and O–H groups in total. The van der Waals surface area contributed by atoms with Gasteiger partial charge in [0.2, 0.25) is 0 Å². The van der Waals surface area contributed by atoms with Gasteiger partial charge in [0, 0.05) is 32.8 Å². The van der Waals surface area contributed by atoms with Gasteiger partial charge in [0.05, 0.1) is 5.92 Å². The maximum atomic E-state index is 12.1. The monoisotopic (exact) mass is 286 g/mol. The molecular formula is C14H26N2O4. The van der Waals surface area contributed by atoms with Crippen LogP contribution in [0.3, 0.4) is 0 Å². The summed E-state index contributed by atoms with van der Waals surface area (Å²) < 4.78 is 5.34. The second kappa shape index (κ2) is 8.09. The molecule has 1 fully saturated rings. The Morgan fingerprint density at radius 3 is 2.50 bits per heavy atom. The first-order chi connectivity index (χ1) is 9.45. The summed E-state index contributed by atoms with van der Waals surface area (Å²) in [6, 6.07) is -0.0644. The lowest BCUT2D eigenvalue weighted by Gasteiger charge is -2.32. The summed E-state index contributed by atoms with van der Waals surface area (Å²) in [7, 11) is 1.63. The molecule has 0 bridgehead atoms. The molecule has 6 nitrogen and oxygen atoms in total. The molecule has 6 heteroatoms. The smallest absolute Gasteiger partial charge is 0.317 e. The second-order valence-corrected chi connectivity index (χ2v) is 5.53. The number of nitrogens with zero attached hydrogens (tertiary/aromatic N) is 1. The number of nitrogens with one attached hydrogen (secondary N) is 1. The van der Waals surface area contributed by atoms with Crippen LogP contribution in [0.5, 0.6) is 0 Å². The topological polar surface area (TPSA) is 78.9 Å². The molecular weight excluding hydrogens is 260 g/mol. The van der Waals surface area contributed by atoms with Crippen LogP contribution < -0.4 is 5.32 Å². The van der Waals surface area contributed by atoms with E-state index in [1.807, 2.05) is 0 Å². The predicted molar refractivity (Wildman–Crippen MR) is 75.6 cm³/mol. The lowest BCUT2D eigenvalue weighted by Crippen LogP contribution is -2.48. The average Bonchev–Trinajstić information content (AvgIpc) is 2.45. The highest BCUT2D eigenvalue weighted by atomic mass is 16.5. The molecule has 0 spiro atoms. The van der Waals surface area contributed by atoms with Crippen molar-refractivity contribution in [1.29, 1.82) is 0 Å². The Balaban J connectivity index is 2.47. The summed E-state index contributed by atoms with van der Waals surface area (Å²) in [5.74, 6) is -1.00. The molecule has 2 atom stereocenters. The summed E-state index contributed by atoms with van der Waals surface area (Å²) in [6.45, 7) is 5.37. The Hall–Kier alpha value is -1.30. The maximum Gasteiger partial charge on any atom is 0.317 e. The zero-order valence-electron chi connectivity index (χ0n) is 12.6. The van der Waals surface area contributed by atoms with Crippen LogP contribution in [0.2, 0.25) is 0 Å². The molecule has 1 heterocycles. The van der Waals surface area contributed by atoms with E-state index in [2.05, 4.69) is 12.2 Å². The summed E-state index contributed by atoms with van der Waals surface area (Å²) >= 11 is 0. The molecule has 2 amide bonds. The number of carbonyl (C=O) groups is 2. The molecule has 2 unspecified atom stereocenters. The maximum absolute atomic E-state index is 12.1. The third kappa shape index (κ3) is 5.00. The number of ether oxygens (including phenoxy) is 1. The number of hydrogen-bond donors (Lipinski definition) is 2. The molecule has 0 radical (unpaired) electrons. The number of carbonyl (C=O) groups excluding carboxylic acids is 1. The first kappa shape index (κ1) is 16.8. The van der Waals surface area contributed by atoms with E-state index in [9.17, 15) is 9.59 Å². The highest BCUT2D eigenvalue weighted by Gasteiger charge is 2.26. The van der Waals surface area contributed by atoms with Crippen molar-refractivity contribution in [1.82, 2.24) is 10.2 Å². The van der Waals surface area contributed by atoms with Crippen molar-refractivity contribution in [3.05, 3.63) is 0 Å². The van der Waals surface area contributed by atoms with Crippen molar-refractivity contribution in [2.75, 3.05) is 26.8 Å². The zero-order chi connectivity index (χ0) is 15.1. The zero-order valence-corrected chi connectivity index (χ0v) is 12.6. The van der Waals surface area contributed by atoms with Crippen LogP contribution in [0.1, 0.15) is 33.1 Å². The fraction of sp³-hybridized carbons (Fsp3) is 0.857. The van der Waals surface area contributed by atoms with Crippen molar-refractivity contribution < 1.29 is 19.4 Å². The number of rotatable bonds is 6. The Bertz CT molecular complexity index is 329. The van der Waals surface area contributed by atoms with Crippen LogP contribution in [0.15, 0.2) is 0 Å². The lowest BCUT2D eigenvalue weighted by atomic mass is 9.90. The number of carboxylic acid groups (broad SMARTS) is 1. The Morgan fingerprint density at radius 1 is 1.40 bits per heavy atom. The van der Waals surface area contributed by atoms with Gasteiger partial charge in [-0.15, -0.1) is 0 Å². The van der Waals surface area contributed by atoms with Gasteiger partial charge in [-0.25, -0.2) is 4.79 Å².